The molecule has 0 spiro atoms. The van der Waals surface area contributed by atoms with Gasteiger partial charge in [0.25, 0.3) is 0 Å². The average Bonchev–Trinajstić information content (AvgIpc) is 3.07. The molecule has 1 aliphatic heterocycles. The van der Waals surface area contributed by atoms with Crippen molar-refractivity contribution in [3.63, 3.8) is 0 Å². The van der Waals surface area contributed by atoms with E-state index in [1.807, 2.05) is 11.4 Å². The van der Waals surface area contributed by atoms with Crippen LogP contribution in [0.3, 0.4) is 0 Å². The quantitative estimate of drug-likeness (QED) is 0.912. The largest absolute Gasteiger partial charge is 0.340 e. The number of nitrogens with two attached hydrogens (primary N) is 1. The van der Waals surface area contributed by atoms with Crippen molar-refractivity contribution in [1.29, 1.82) is 0 Å². The van der Waals surface area contributed by atoms with Crippen LogP contribution >= 0.6 is 22.9 Å². The maximum Gasteiger partial charge on any atom is 0.245 e. The number of nitrogens with one attached hydrogen (secondary N) is 1. The highest BCUT2D eigenvalue weighted by Gasteiger charge is 2.21. The molecule has 19 heavy (non-hydrogen) atoms. The van der Waals surface area contributed by atoms with E-state index in [4.69, 9.17) is 17.3 Å². The monoisotopic (exact) mass is 297 g/mol. The van der Waals surface area contributed by atoms with Gasteiger partial charge in [-0.25, -0.2) is 0 Å². The minimum Gasteiger partial charge on any atom is -0.340 e. The summed E-state index contributed by atoms with van der Waals surface area (Å²) < 4.78 is 0. The SMILES string of the molecule is NCC1CCN(c2n[nH]c(-c3sccc3Cl)n2)CC1. The first-order valence-electron chi connectivity index (χ1n) is 6.38. The summed E-state index contributed by atoms with van der Waals surface area (Å²) in [7, 11) is 0. The van der Waals surface area contributed by atoms with Gasteiger partial charge in [-0.3, -0.25) is 5.10 Å². The molecule has 3 N–H and O–H groups in total. The first-order chi connectivity index (χ1) is 9.28. The van der Waals surface area contributed by atoms with Crippen LogP contribution < -0.4 is 10.6 Å². The van der Waals surface area contributed by atoms with Gasteiger partial charge in [-0.15, -0.1) is 16.4 Å². The van der Waals surface area contributed by atoms with Crippen LogP contribution in [0.25, 0.3) is 10.7 Å². The third-order valence-electron chi connectivity index (χ3n) is 3.54. The summed E-state index contributed by atoms with van der Waals surface area (Å²) in [6, 6.07) is 1.87. The van der Waals surface area contributed by atoms with Gasteiger partial charge in [0.05, 0.1) is 9.90 Å². The van der Waals surface area contributed by atoms with Crippen molar-refractivity contribution in [2.75, 3.05) is 24.5 Å². The number of H-pyrrole nitrogens is 1. The summed E-state index contributed by atoms with van der Waals surface area (Å²) in [4.78, 5) is 7.69. The van der Waals surface area contributed by atoms with Gasteiger partial charge in [0.1, 0.15) is 0 Å². The number of aromatic amines is 1. The number of halogens is 1. The molecule has 1 aliphatic rings. The fraction of sp³-hybridized carbons (Fsp3) is 0.500. The smallest absolute Gasteiger partial charge is 0.245 e. The average molecular weight is 298 g/mol. The molecule has 0 radical (unpaired) electrons. The van der Waals surface area contributed by atoms with E-state index in [1.54, 1.807) is 11.3 Å². The first-order valence-corrected chi connectivity index (χ1v) is 7.64. The van der Waals surface area contributed by atoms with Crippen molar-refractivity contribution < 1.29 is 0 Å². The highest BCUT2D eigenvalue weighted by Crippen LogP contribution is 2.31. The van der Waals surface area contributed by atoms with Crippen LogP contribution in [-0.2, 0) is 0 Å². The minimum absolute atomic E-state index is 0.640. The van der Waals surface area contributed by atoms with Crippen molar-refractivity contribution >= 4 is 28.9 Å². The molecule has 1 saturated heterocycles. The van der Waals surface area contributed by atoms with E-state index in [0.29, 0.717) is 5.92 Å². The highest BCUT2D eigenvalue weighted by molar-refractivity contribution is 7.14. The van der Waals surface area contributed by atoms with E-state index in [1.165, 1.54) is 0 Å². The van der Waals surface area contributed by atoms with Crippen LogP contribution in [0.4, 0.5) is 5.95 Å². The van der Waals surface area contributed by atoms with Gasteiger partial charge in [-0.2, -0.15) is 4.98 Å². The molecule has 0 unspecified atom stereocenters. The lowest BCUT2D eigenvalue weighted by molar-refractivity contribution is 0.411. The van der Waals surface area contributed by atoms with Gasteiger partial charge < -0.3 is 10.6 Å². The fourth-order valence-corrected chi connectivity index (χ4v) is 3.41. The number of hydrogen-bond acceptors (Lipinski definition) is 5. The number of piperidine rings is 1. The number of aromatic nitrogens is 3. The second kappa shape index (κ2) is 5.48. The summed E-state index contributed by atoms with van der Waals surface area (Å²) in [5.74, 6) is 2.15. The maximum atomic E-state index is 6.10. The zero-order valence-electron chi connectivity index (χ0n) is 10.5. The standard InChI is InChI=1S/C12H16ClN5S/c13-9-3-6-19-10(9)11-15-12(17-16-11)18-4-1-8(7-14)2-5-18/h3,6,8H,1-2,4-5,7,14H2,(H,15,16,17). The zero-order valence-corrected chi connectivity index (χ0v) is 12.0. The molecular formula is C12H16ClN5S. The van der Waals surface area contributed by atoms with Gasteiger partial charge in [0.2, 0.25) is 5.95 Å². The summed E-state index contributed by atoms with van der Waals surface area (Å²) in [6.45, 7) is 2.71. The van der Waals surface area contributed by atoms with Crippen LogP contribution in [0, 0.1) is 5.92 Å². The van der Waals surface area contributed by atoms with Gasteiger partial charge in [0, 0.05) is 13.1 Å². The van der Waals surface area contributed by atoms with E-state index in [-0.39, 0.29) is 0 Å². The predicted octanol–water partition coefficient (Wildman–Crippen LogP) is 2.36. The van der Waals surface area contributed by atoms with Crippen molar-refractivity contribution in [3.05, 3.63) is 16.5 Å². The normalized spacial score (nSPS) is 17.1. The second-order valence-corrected chi connectivity index (χ2v) is 6.07. The second-order valence-electron chi connectivity index (χ2n) is 4.75. The van der Waals surface area contributed by atoms with Crippen LogP contribution in [0.1, 0.15) is 12.8 Å². The molecule has 0 aromatic carbocycles. The molecule has 0 saturated carbocycles. The molecule has 5 nitrogen and oxygen atoms in total. The molecule has 2 aromatic rings. The van der Waals surface area contributed by atoms with Crippen LogP contribution in [0.15, 0.2) is 11.4 Å². The third kappa shape index (κ3) is 2.61. The van der Waals surface area contributed by atoms with Gasteiger partial charge in [0.15, 0.2) is 5.82 Å². The van der Waals surface area contributed by atoms with E-state index < -0.39 is 0 Å². The lowest BCUT2D eigenvalue weighted by Crippen LogP contribution is -2.36. The number of nitrogens with zero attached hydrogens (tertiary/aromatic N) is 3. The lowest BCUT2D eigenvalue weighted by atomic mass is 9.97. The fourth-order valence-electron chi connectivity index (χ4n) is 2.33. The Labute approximate surface area is 120 Å². The highest BCUT2D eigenvalue weighted by atomic mass is 35.5. The van der Waals surface area contributed by atoms with Gasteiger partial charge in [-0.05, 0) is 36.8 Å². The van der Waals surface area contributed by atoms with E-state index in [2.05, 4.69) is 20.1 Å². The molecule has 0 amide bonds. The molecule has 102 valence electrons. The molecule has 3 rings (SSSR count). The topological polar surface area (TPSA) is 70.8 Å². The maximum absolute atomic E-state index is 6.10. The number of thiophene rings is 1. The number of anilines is 1. The zero-order chi connectivity index (χ0) is 13.2. The van der Waals surface area contributed by atoms with Crippen molar-refractivity contribution in [1.82, 2.24) is 15.2 Å². The number of rotatable bonds is 3. The Morgan fingerprint density at radius 2 is 2.26 bits per heavy atom. The Bertz CT molecular complexity index is 544. The van der Waals surface area contributed by atoms with Crippen molar-refractivity contribution in [3.8, 4) is 10.7 Å². The Morgan fingerprint density at radius 3 is 2.89 bits per heavy atom. The third-order valence-corrected chi connectivity index (χ3v) is 4.88. The first kappa shape index (κ1) is 12.9. The predicted molar refractivity (Wildman–Crippen MR) is 78.7 cm³/mol. The molecule has 0 atom stereocenters. The van der Waals surface area contributed by atoms with E-state index >= 15 is 0 Å². The Morgan fingerprint density at radius 1 is 1.47 bits per heavy atom. The van der Waals surface area contributed by atoms with Gasteiger partial charge in [-0.1, -0.05) is 11.6 Å². The Balaban J connectivity index is 1.74. The summed E-state index contributed by atoms with van der Waals surface area (Å²) in [5, 5.41) is 9.93. The Kier molecular flexibility index (Phi) is 3.72. The summed E-state index contributed by atoms with van der Waals surface area (Å²) in [6.07, 6.45) is 2.22. The van der Waals surface area contributed by atoms with Crippen LogP contribution in [0.5, 0.6) is 0 Å². The van der Waals surface area contributed by atoms with Gasteiger partial charge >= 0.3 is 0 Å². The molecule has 2 aromatic heterocycles. The number of hydrogen-bond donors (Lipinski definition) is 2. The van der Waals surface area contributed by atoms with Crippen LogP contribution in [-0.4, -0.2) is 34.8 Å². The summed E-state index contributed by atoms with van der Waals surface area (Å²) in [5.41, 5.74) is 5.70. The molecular weight excluding hydrogens is 282 g/mol. The Hall–Kier alpha value is -1.11. The lowest BCUT2D eigenvalue weighted by Gasteiger charge is -2.30. The molecule has 0 bridgehead atoms. The molecule has 3 heterocycles. The summed E-state index contributed by atoms with van der Waals surface area (Å²) >= 11 is 7.67. The minimum atomic E-state index is 0.640. The molecule has 0 aliphatic carbocycles. The molecule has 7 heteroatoms. The van der Waals surface area contributed by atoms with Crippen molar-refractivity contribution in [2.45, 2.75) is 12.8 Å². The van der Waals surface area contributed by atoms with E-state index in [0.717, 1.165) is 54.1 Å². The van der Waals surface area contributed by atoms with E-state index in [9.17, 15) is 0 Å². The molecule has 1 fully saturated rings. The van der Waals surface area contributed by atoms with Crippen LogP contribution in [0.2, 0.25) is 5.02 Å². The van der Waals surface area contributed by atoms with Crippen molar-refractivity contribution in [2.24, 2.45) is 11.7 Å².